The van der Waals surface area contributed by atoms with E-state index in [0.29, 0.717) is 36.2 Å². The van der Waals surface area contributed by atoms with Gasteiger partial charge in [0.2, 0.25) is 0 Å². The van der Waals surface area contributed by atoms with Crippen molar-refractivity contribution in [1.82, 2.24) is 9.88 Å². The SMILES string of the molecule is O=C(c1cc2c(Cl)nc3ccccc3c2s1)N1CCN(c2ccc([N+](=O)[O-])cc2)CC1. The molecule has 1 fully saturated rings. The van der Waals surface area contributed by atoms with E-state index in [2.05, 4.69) is 9.88 Å². The number of nitro benzene ring substituents is 1. The fourth-order valence-corrected chi connectivity index (χ4v) is 5.34. The van der Waals surface area contributed by atoms with E-state index in [9.17, 15) is 14.9 Å². The number of nitrogens with zero attached hydrogens (tertiary/aromatic N) is 4. The zero-order valence-corrected chi connectivity index (χ0v) is 17.9. The van der Waals surface area contributed by atoms with E-state index in [1.54, 1.807) is 12.1 Å². The van der Waals surface area contributed by atoms with Gasteiger partial charge in [0.05, 0.1) is 15.3 Å². The summed E-state index contributed by atoms with van der Waals surface area (Å²) in [6, 6.07) is 16.1. The highest BCUT2D eigenvalue weighted by Crippen LogP contribution is 2.36. The first-order valence-corrected chi connectivity index (χ1v) is 11.0. The van der Waals surface area contributed by atoms with Gasteiger partial charge in [-0.3, -0.25) is 14.9 Å². The highest BCUT2D eigenvalue weighted by Gasteiger charge is 2.25. The predicted octanol–water partition coefficient (Wildman–Crippen LogP) is 4.97. The number of carbonyl (C=O) groups excluding carboxylic acids is 1. The van der Waals surface area contributed by atoms with Gasteiger partial charge in [-0.2, -0.15) is 0 Å². The van der Waals surface area contributed by atoms with E-state index in [1.807, 2.05) is 35.2 Å². The average Bonchev–Trinajstić information content (AvgIpc) is 3.25. The van der Waals surface area contributed by atoms with Crippen LogP contribution in [0.1, 0.15) is 9.67 Å². The second kappa shape index (κ2) is 7.79. The van der Waals surface area contributed by atoms with Crippen molar-refractivity contribution >= 4 is 61.2 Å². The first kappa shape index (κ1) is 19.7. The molecule has 0 atom stereocenters. The van der Waals surface area contributed by atoms with Crippen molar-refractivity contribution in [1.29, 1.82) is 0 Å². The Kier molecular flexibility index (Phi) is 4.95. The number of benzene rings is 2. The Morgan fingerprint density at radius 1 is 1.03 bits per heavy atom. The molecule has 2 aromatic carbocycles. The number of aromatic nitrogens is 1. The van der Waals surface area contributed by atoms with Crippen molar-refractivity contribution in [3.8, 4) is 0 Å². The van der Waals surface area contributed by atoms with Gasteiger partial charge in [-0.25, -0.2) is 4.98 Å². The Hall–Kier alpha value is -3.23. The smallest absolute Gasteiger partial charge is 0.269 e. The molecule has 0 unspecified atom stereocenters. The molecule has 9 heteroatoms. The second-order valence-corrected chi connectivity index (χ2v) is 8.74. The van der Waals surface area contributed by atoms with E-state index in [1.165, 1.54) is 23.5 Å². The van der Waals surface area contributed by atoms with Crippen LogP contribution in [0.3, 0.4) is 0 Å². The van der Waals surface area contributed by atoms with Crippen LogP contribution in [0.25, 0.3) is 21.0 Å². The minimum absolute atomic E-state index is 0.00954. The van der Waals surface area contributed by atoms with E-state index < -0.39 is 4.92 Å². The number of hydrogen-bond acceptors (Lipinski definition) is 6. The summed E-state index contributed by atoms with van der Waals surface area (Å²) in [6.45, 7) is 2.49. The monoisotopic (exact) mass is 452 g/mol. The predicted molar refractivity (Wildman–Crippen MR) is 123 cm³/mol. The van der Waals surface area contributed by atoms with Crippen LogP contribution in [0.4, 0.5) is 11.4 Å². The summed E-state index contributed by atoms with van der Waals surface area (Å²) in [7, 11) is 0. The van der Waals surface area contributed by atoms with Crippen LogP contribution in [0.15, 0.2) is 54.6 Å². The number of piperazine rings is 1. The van der Waals surface area contributed by atoms with Gasteiger partial charge >= 0.3 is 0 Å². The van der Waals surface area contributed by atoms with Gasteiger partial charge in [-0.15, -0.1) is 11.3 Å². The van der Waals surface area contributed by atoms with Gasteiger partial charge in [0.15, 0.2) is 0 Å². The molecule has 0 radical (unpaired) electrons. The lowest BCUT2D eigenvalue weighted by Gasteiger charge is -2.35. The number of rotatable bonds is 3. The highest BCUT2D eigenvalue weighted by atomic mass is 35.5. The van der Waals surface area contributed by atoms with Gasteiger partial charge in [0, 0.05) is 59.5 Å². The minimum Gasteiger partial charge on any atom is -0.368 e. The van der Waals surface area contributed by atoms with Crippen LogP contribution >= 0.6 is 22.9 Å². The summed E-state index contributed by atoms with van der Waals surface area (Å²) < 4.78 is 0.975. The number of fused-ring (bicyclic) bond motifs is 3. The molecule has 0 bridgehead atoms. The lowest BCUT2D eigenvalue weighted by Crippen LogP contribution is -2.48. The van der Waals surface area contributed by atoms with Crippen molar-refractivity contribution in [2.75, 3.05) is 31.1 Å². The number of thiophene rings is 1. The van der Waals surface area contributed by atoms with Crippen LogP contribution in [0.2, 0.25) is 5.15 Å². The second-order valence-electron chi connectivity index (χ2n) is 7.33. The Morgan fingerprint density at radius 3 is 2.45 bits per heavy atom. The number of para-hydroxylation sites is 1. The van der Waals surface area contributed by atoms with Crippen LogP contribution in [-0.2, 0) is 0 Å². The fraction of sp³-hybridized carbons (Fsp3) is 0.182. The molecule has 2 aromatic heterocycles. The molecule has 1 aliphatic heterocycles. The summed E-state index contributed by atoms with van der Waals surface area (Å²) >= 11 is 7.83. The number of carbonyl (C=O) groups is 1. The zero-order valence-electron chi connectivity index (χ0n) is 16.3. The van der Waals surface area contributed by atoms with E-state index in [0.717, 1.165) is 26.7 Å². The van der Waals surface area contributed by atoms with Crippen molar-refractivity contribution < 1.29 is 9.72 Å². The van der Waals surface area contributed by atoms with Crippen molar-refractivity contribution in [2.24, 2.45) is 0 Å². The molecule has 3 heterocycles. The summed E-state index contributed by atoms with van der Waals surface area (Å²) in [5.41, 5.74) is 1.81. The van der Waals surface area contributed by atoms with Crippen LogP contribution in [0, 0.1) is 10.1 Å². The highest BCUT2D eigenvalue weighted by molar-refractivity contribution is 7.21. The summed E-state index contributed by atoms with van der Waals surface area (Å²) in [5.74, 6) is -0.00954. The zero-order chi connectivity index (χ0) is 21.5. The van der Waals surface area contributed by atoms with Gasteiger partial charge in [-0.05, 0) is 24.3 Å². The molecule has 0 aliphatic carbocycles. The molecule has 156 valence electrons. The molecule has 0 saturated carbocycles. The van der Waals surface area contributed by atoms with Crippen LogP contribution in [-0.4, -0.2) is 46.9 Å². The Bertz CT molecular complexity index is 1310. The molecule has 5 rings (SSSR count). The van der Waals surface area contributed by atoms with Crippen molar-refractivity contribution in [2.45, 2.75) is 0 Å². The summed E-state index contributed by atoms with van der Waals surface area (Å²) in [5, 5.41) is 13.0. The average molecular weight is 453 g/mol. The molecule has 1 aliphatic rings. The lowest BCUT2D eigenvalue weighted by molar-refractivity contribution is -0.384. The normalized spacial score (nSPS) is 14.4. The van der Waals surface area contributed by atoms with Gasteiger partial charge in [0.1, 0.15) is 5.15 Å². The van der Waals surface area contributed by atoms with Gasteiger partial charge < -0.3 is 9.80 Å². The number of pyridine rings is 1. The number of amides is 1. The number of non-ortho nitro benzene ring substituents is 1. The standard InChI is InChI=1S/C22H17ClN4O3S/c23-21-17-13-19(31-20(17)16-3-1-2-4-18(16)24-21)22(28)26-11-9-25(10-12-26)14-5-7-15(8-6-14)27(29)30/h1-8,13H,9-12H2. The molecule has 0 N–H and O–H groups in total. The minimum atomic E-state index is -0.406. The molecule has 0 spiro atoms. The van der Waals surface area contributed by atoms with Crippen LogP contribution in [0.5, 0.6) is 0 Å². The summed E-state index contributed by atoms with van der Waals surface area (Å²) in [6.07, 6.45) is 0. The molecule has 1 saturated heterocycles. The molecular formula is C22H17ClN4O3S. The number of anilines is 1. The lowest BCUT2D eigenvalue weighted by atomic mass is 10.2. The maximum Gasteiger partial charge on any atom is 0.269 e. The third-order valence-electron chi connectivity index (χ3n) is 5.52. The van der Waals surface area contributed by atoms with E-state index in [-0.39, 0.29) is 11.6 Å². The molecule has 31 heavy (non-hydrogen) atoms. The van der Waals surface area contributed by atoms with E-state index >= 15 is 0 Å². The maximum atomic E-state index is 13.2. The van der Waals surface area contributed by atoms with Gasteiger partial charge in [-0.1, -0.05) is 29.8 Å². The first-order chi connectivity index (χ1) is 15.0. The molecule has 4 aromatic rings. The van der Waals surface area contributed by atoms with E-state index in [4.69, 9.17) is 11.6 Å². The number of nitro groups is 1. The third kappa shape index (κ3) is 3.58. The number of halogens is 1. The Labute approximate surface area is 186 Å². The fourth-order valence-electron chi connectivity index (χ4n) is 3.89. The maximum absolute atomic E-state index is 13.2. The molecule has 7 nitrogen and oxygen atoms in total. The van der Waals surface area contributed by atoms with Crippen LogP contribution < -0.4 is 4.90 Å². The number of hydrogen-bond donors (Lipinski definition) is 0. The quantitative estimate of drug-likeness (QED) is 0.249. The Balaban J connectivity index is 1.34. The van der Waals surface area contributed by atoms with Crippen molar-refractivity contribution in [3.05, 3.63) is 74.7 Å². The third-order valence-corrected chi connectivity index (χ3v) is 6.97. The van der Waals surface area contributed by atoms with Crippen molar-refractivity contribution in [3.63, 3.8) is 0 Å². The summed E-state index contributed by atoms with van der Waals surface area (Å²) in [4.78, 5) is 32.7. The topological polar surface area (TPSA) is 79.6 Å². The molecule has 1 amide bonds. The Morgan fingerprint density at radius 2 is 1.74 bits per heavy atom. The largest absolute Gasteiger partial charge is 0.368 e. The molecular weight excluding hydrogens is 436 g/mol. The first-order valence-electron chi connectivity index (χ1n) is 9.78. The van der Waals surface area contributed by atoms with Gasteiger partial charge in [0.25, 0.3) is 11.6 Å².